The molecule has 25 heavy (non-hydrogen) atoms. The first-order chi connectivity index (χ1) is 12.3. The van der Waals surface area contributed by atoms with Crippen LogP contribution in [0.4, 0.5) is 0 Å². The second kappa shape index (κ2) is 6.48. The summed E-state index contributed by atoms with van der Waals surface area (Å²) in [6.07, 6.45) is 0.187. The van der Waals surface area contributed by atoms with E-state index in [1.165, 1.54) is 28.1 Å². The number of hydrogen-bond acceptors (Lipinski definition) is 2. The highest BCUT2D eigenvalue weighted by molar-refractivity contribution is 5.91. The molecule has 3 aromatic rings. The first-order valence-electron chi connectivity index (χ1n) is 8.63. The highest BCUT2D eigenvalue weighted by atomic mass is 15.4. The number of rotatable bonds is 3. The van der Waals surface area contributed by atoms with Crippen LogP contribution in [0.3, 0.4) is 0 Å². The van der Waals surface area contributed by atoms with Crippen molar-refractivity contribution in [3.05, 3.63) is 108 Å². The summed E-state index contributed by atoms with van der Waals surface area (Å²) in [5.74, 6) is 0. The van der Waals surface area contributed by atoms with E-state index >= 15 is 0 Å². The number of hydrogen-bond donors (Lipinski definition) is 0. The van der Waals surface area contributed by atoms with Crippen LogP contribution in [-0.4, -0.2) is 23.9 Å². The van der Waals surface area contributed by atoms with Crippen molar-refractivity contribution in [2.24, 2.45) is 0 Å². The van der Waals surface area contributed by atoms with Crippen molar-refractivity contribution >= 4 is 11.4 Å². The fourth-order valence-electron chi connectivity index (χ4n) is 3.78. The molecule has 4 rings (SSSR count). The zero-order valence-electron chi connectivity index (χ0n) is 14.6. The normalized spacial score (nSPS) is 15.1. The van der Waals surface area contributed by atoms with Crippen LogP contribution >= 0.6 is 0 Å². The molecule has 0 aliphatic carbocycles. The van der Waals surface area contributed by atoms with Gasteiger partial charge in [-0.05, 0) is 5.56 Å². The van der Waals surface area contributed by atoms with Crippen LogP contribution in [0.25, 0.3) is 11.4 Å². The van der Waals surface area contributed by atoms with Crippen molar-refractivity contribution in [1.29, 1.82) is 0 Å². The van der Waals surface area contributed by atoms with E-state index in [-0.39, 0.29) is 6.17 Å². The number of nitrogens with zero attached hydrogens (tertiary/aromatic N) is 2. The molecule has 0 spiro atoms. The Morgan fingerprint density at radius 1 is 0.520 bits per heavy atom. The molecule has 0 N–H and O–H groups in total. The Bertz CT molecular complexity index is 814. The van der Waals surface area contributed by atoms with E-state index in [9.17, 15) is 0 Å². The van der Waals surface area contributed by atoms with Gasteiger partial charge in [-0.15, -0.1) is 0 Å². The zero-order chi connectivity index (χ0) is 17.2. The quantitative estimate of drug-likeness (QED) is 0.661. The SMILES string of the molecule is CN1C(c2ccccc2)=C(c2ccccc2)N(C)C1c1ccccc1. The lowest BCUT2D eigenvalue weighted by molar-refractivity contribution is 0.223. The number of benzene rings is 3. The molecule has 0 amide bonds. The van der Waals surface area contributed by atoms with Crippen molar-refractivity contribution in [2.75, 3.05) is 14.1 Å². The molecule has 3 aromatic carbocycles. The molecule has 2 heteroatoms. The zero-order valence-corrected chi connectivity index (χ0v) is 14.6. The summed E-state index contributed by atoms with van der Waals surface area (Å²) in [4.78, 5) is 4.76. The Kier molecular flexibility index (Phi) is 4.02. The summed E-state index contributed by atoms with van der Waals surface area (Å²) in [6, 6.07) is 32.0. The van der Waals surface area contributed by atoms with E-state index < -0.39 is 0 Å². The lowest BCUT2D eigenvalue weighted by Gasteiger charge is -2.30. The summed E-state index contributed by atoms with van der Waals surface area (Å²) in [5, 5.41) is 0. The standard InChI is InChI=1S/C23H22N2/c1-24-21(18-12-6-3-7-13-18)22(19-14-8-4-9-15-19)25(2)23(24)20-16-10-5-11-17-20/h3-17,23H,1-2H3. The van der Waals surface area contributed by atoms with Crippen molar-refractivity contribution in [3.8, 4) is 0 Å². The van der Waals surface area contributed by atoms with E-state index in [2.05, 4.69) is 115 Å². The summed E-state index contributed by atoms with van der Waals surface area (Å²) in [7, 11) is 4.37. The Labute approximate surface area is 149 Å². The predicted octanol–water partition coefficient (Wildman–Crippen LogP) is 5.09. The molecular formula is C23H22N2. The van der Waals surface area contributed by atoms with Gasteiger partial charge in [-0.2, -0.15) is 0 Å². The molecule has 1 aliphatic heterocycles. The van der Waals surface area contributed by atoms with E-state index in [0.29, 0.717) is 0 Å². The van der Waals surface area contributed by atoms with Crippen LogP contribution in [-0.2, 0) is 0 Å². The van der Waals surface area contributed by atoms with Crippen LogP contribution in [0.1, 0.15) is 22.9 Å². The van der Waals surface area contributed by atoms with E-state index in [1.807, 2.05) is 0 Å². The van der Waals surface area contributed by atoms with Crippen LogP contribution in [0.2, 0.25) is 0 Å². The van der Waals surface area contributed by atoms with Gasteiger partial charge in [0.1, 0.15) is 6.17 Å². The van der Waals surface area contributed by atoms with Crippen molar-refractivity contribution < 1.29 is 0 Å². The maximum atomic E-state index is 2.38. The van der Waals surface area contributed by atoms with E-state index in [4.69, 9.17) is 0 Å². The first-order valence-corrected chi connectivity index (χ1v) is 8.63. The Morgan fingerprint density at radius 3 is 1.28 bits per heavy atom. The largest absolute Gasteiger partial charge is 0.348 e. The fourth-order valence-corrected chi connectivity index (χ4v) is 3.78. The maximum absolute atomic E-state index is 2.38. The third-order valence-corrected chi connectivity index (χ3v) is 4.86. The Balaban J connectivity index is 1.89. The molecule has 124 valence electrons. The smallest absolute Gasteiger partial charge is 0.128 e. The molecule has 0 radical (unpaired) electrons. The van der Waals surface area contributed by atoms with Gasteiger partial charge >= 0.3 is 0 Å². The van der Waals surface area contributed by atoms with Crippen molar-refractivity contribution in [1.82, 2.24) is 9.80 Å². The van der Waals surface area contributed by atoms with Gasteiger partial charge in [0, 0.05) is 25.2 Å². The van der Waals surface area contributed by atoms with Crippen LogP contribution in [0.5, 0.6) is 0 Å². The molecule has 0 aromatic heterocycles. The monoisotopic (exact) mass is 326 g/mol. The predicted molar refractivity (Wildman–Crippen MR) is 104 cm³/mol. The molecule has 0 unspecified atom stereocenters. The van der Waals surface area contributed by atoms with E-state index in [0.717, 1.165) is 0 Å². The van der Waals surface area contributed by atoms with Gasteiger partial charge in [0.05, 0.1) is 11.4 Å². The average molecular weight is 326 g/mol. The molecule has 0 atom stereocenters. The lowest BCUT2D eigenvalue weighted by atomic mass is 10.1. The Hall–Kier alpha value is -3.00. The van der Waals surface area contributed by atoms with Gasteiger partial charge in [0.25, 0.3) is 0 Å². The topological polar surface area (TPSA) is 6.48 Å². The molecule has 0 saturated heterocycles. The highest BCUT2D eigenvalue weighted by Crippen LogP contribution is 2.45. The first kappa shape index (κ1) is 15.5. The lowest BCUT2D eigenvalue weighted by Crippen LogP contribution is -2.27. The summed E-state index contributed by atoms with van der Waals surface area (Å²) < 4.78 is 0. The Morgan fingerprint density at radius 2 is 0.880 bits per heavy atom. The van der Waals surface area contributed by atoms with Gasteiger partial charge in [0.15, 0.2) is 0 Å². The summed E-state index contributed by atoms with van der Waals surface area (Å²) in [6.45, 7) is 0. The molecule has 0 fully saturated rings. The third-order valence-electron chi connectivity index (χ3n) is 4.86. The fraction of sp³-hybridized carbons (Fsp3) is 0.130. The summed E-state index contributed by atoms with van der Waals surface area (Å²) in [5.41, 5.74) is 6.32. The minimum absolute atomic E-state index is 0.187. The van der Waals surface area contributed by atoms with Gasteiger partial charge in [-0.3, -0.25) is 0 Å². The van der Waals surface area contributed by atoms with Gasteiger partial charge < -0.3 is 9.80 Å². The van der Waals surface area contributed by atoms with Crippen LogP contribution in [0.15, 0.2) is 91.0 Å². The highest BCUT2D eigenvalue weighted by Gasteiger charge is 2.35. The molecule has 0 saturated carbocycles. The maximum Gasteiger partial charge on any atom is 0.128 e. The van der Waals surface area contributed by atoms with Gasteiger partial charge in [-0.25, -0.2) is 0 Å². The molecule has 1 aliphatic rings. The second-order valence-corrected chi connectivity index (χ2v) is 6.44. The van der Waals surface area contributed by atoms with E-state index in [1.54, 1.807) is 0 Å². The average Bonchev–Trinajstić information content (AvgIpc) is 2.94. The van der Waals surface area contributed by atoms with Crippen molar-refractivity contribution in [3.63, 3.8) is 0 Å². The molecular weight excluding hydrogens is 304 g/mol. The summed E-state index contributed by atoms with van der Waals surface area (Å²) >= 11 is 0. The van der Waals surface area contributed by atoms with Crippen LogP contribution < -0.4 is 0 Å². The molecule has 0 bridgehead atoms. The van der Waals surface area contributed by atoms with Gasteiger partial charge in [-0.1, -0.05) is 91.0 Å². The molecule has 2 nitrogen and oxygen atoms in total. The van der Waals surface area contributed by atoms with Crippen LogP contribution in [0, 0.1) is 0 Å². The minimum atomic E-state index is 0.187. The molecule has 1 heterocycles. The van der Waals surface area contributed by atoms with Gasteiger partial charge in [0.2, 0.25) is 0 Å². The second-order valence-electron chi connectivity index (χ2n) is 6.44. The van der Waals surface area contributed by atoms with Crippen molar-refractivity contribution in [2.45, 2.75) is 6.17 Å². The minimum Gasteiger partial charge on any atom is -0.348 e. The third kappa shape index (κ3) is 2.70.